The average Bonchev–Trinajstić information content (AvgIpc) is 2.42. The van der Waals surface area contributed by atoms with Gasteiger partial charge in [0.05, 0.1) is 17.7 Å². The first-order valence-electron chi connectivity index (χ1n) is 5.58. The van der Waals surface area contributed by atoms with Gasteiger partial charge in [0, 0.05) is 11.1 Å². The molecule has 2 aromatic rings. The van der Waals surface area contributed by atoms with Crippen LogP contribution in [0.25, 0.3) is 0 Å². The van der Waals surface area contributed by atoms with Gasteiger partial charge in [-0.05, 0) is 36.4 Å². The van der Waals surface area contributed by atoms with Crippen LogP contribution in [0.2, 0.25) is 5.02 Å². The van der Waals surface area contributed by atoms with Gasteiger partial charge in [-0.15, -0.1) is 0 Å². The Hall–Kier alpha value is -1.92. The third-order valence-electron chi connectivity index (χ3n) is 2.57. The minimum Gasteiger partial charge on any atom is -0.506 e. The summed E-state index contributed by atoms with van der Waals surface area (Å²) >= 11 is 5.69. The summed E-state index contributed by atoms with van der Waals surface area (Å²) in [5, 5.41) is 9.97. The molecule has 0 aliphatic carbocycles. The molecule has 0 radical (unpaired) electrons. The zero-order valence-corrected chi connectivity index (χ0v) is 12.1. The van der Waals surface area contributed by atoms with Gasteiger partial charge in [-0.2, -0.15) is 0 Å². The lowest BCUT2D eigenvalue weighted by Crippen LogP contribution is -2.12. The lowest BCUT2D eigenvalue weighted by molar-refractivity contribution is 0.414. The second-order valence-electron chi connectivity index (χ2n) is 3.94. The molecule has 0 atom stereocenters. The van der Waals surface area contributed by atoms with Crippen molar-refractivity contribution in [3.05, 3.63) is 47.5 Å². The zero-order chi connectivity index (χ0) is 14.8. The SMILES string of the molecule is COc1ccc(S(=O)(=O)Nc2ccc(Cl)cc2O)cc1. The number of anilines is 1. The molecule has 106 valence electrons. The standard InChI is InChI=1S/C13H12ClNO4S/c1-19-10-3-5-11(6-4-10)20(17,18)15-12-7-2-9(14)8-13(12)16/h2-8,15-16H,1H3. The van der Waals surface area contributed by atoms with Crippen LogP contribution in [0, 0.1) is 0 Å². The topological polar surface area (TPSA) is 75.6 Å². The lowest BCUT2D eigenvalue weighted by Gasteiger charge is -2.10. The van der Waals surface area contributed by atoms with Crippen LogP contribution in [0.5, 0.6) is 11.5 Å². The van der Waals surface area contributed by atoms with Gasteiger partial charge in [-0.1, -0.05) is 11.6 Å². The first-order chi connectivity index (χ1) is 9.42. The number of methoxy groups -OCH3 is 1. The molecule has 0 spiro atoms. The highest BCUT2D eigenvalue weighted by molar-refractivity contribution is 7.92. The van der Waals surface area contributed by atoms with Crippen LogP contribution in [0.3, 0.4) is 0 Å². The third-order valence-corrected chi connectivity index (χ3v) is 4.19. The van der Waals surface area contributed by atoms with Crippen molar-refractivity contribution in [2.45, 2.75) is 4.90 Å². The first kappa shape index (κ1) is 14.5. The predicted molar refractivity (Wildman–Crippen MR) is 76.9 cm³/mol. The van der Waals surface area contributed by atoms with Crippen molar-refractivity contribution in [3.8, 4) is 11.5 Å². The van der Waals surface area contributed by atoms with E-state index in [2.05, 4.69) is 4.72 Å². The number of rotatable bonds is 4. The molecule has 0 saturated heterocycles. The number of ether oxygens (including phenoxy) is 1. The van der Waals surface area contributed by atoms with E-state index in [0.717, 1.165) is 0 Å². The molecule has 7 heteroatoms. The van der Waals surface area contributed by atoms with Crippen LogP contribution < -0.4 is 9.46 Å². The van der Waals surface area contributed by atoms with Gasteiger partial charge in [0.2, 0.25) is 0 Å². The normalized spacial score (nSPS) is 11.1. The summed E-state index contributed by atoms with van der Waals surface area (Å²) in [5.41, 5.74) is 0.0604. The summed E-state index contributed by atoms with van der Waals surface area (Å²) in [6.07, 6.45) is 0. The molecular weight excluding hydrogens is 302 g/mol. The molecule has 0 heterocycles. The van der Waals surface area contributed by atoms with E-state index in [1.165, 1.54) is 49.6 Å². The Morgan fingerprint density at radius 1 is 1.15 bits per heavy atom. The summed E-state index contributed by atoms with van der Waals surface area (Å²) < 4.78 is 31.5. The van der Waals surface area contributed by atoms with E-state index in [1.54, 1.807) is 0 Å². The fourth-order valence-electron chi connectivity index (χ4n) is 1.55. The molecule has 0 aliphatic heterocycles. The Morgan fingerprint density at radius 3 is 2.35 bits per heavy atom. The van der Waals surface area contributed by atoms with Gasteiger partial charge in [0.15, 0.2) is 0 Å². The smallest absolute Gasteiger partial charge is 0.262 e. The second kappa shape index (κ2) is 5.60. The minimum absolute atomic E-state index is 0.0604. The van der Waals surface area contributed by atoms with E-state index >= 15 is 0 Å². The van der Waals surface area contributed by atoms with Gasteiger partial charge in [0.1, 0.15) is 11.5 Å². The molecule has 0 saturated carbocycles. The highest BCUT2D eigenvalue weighted by Gasteiger charge is 2.16. The maximum Gasteiger partial charge on any atom is 0.262 e. The maximum absolute atomic E-state index is 12.1. The van der Waals surface area contributed by atoms with Crippen molar-refractivity contribution in [1.29, 1.82) is 0 Å². The fourth-order valence-corrected chi connectivity index (χ4v) is 2.79. The maximum atomic E-state index is 12.1. The van der Waals surface area contributed by atoms with Crippen LogP contribution in [-0.2, 0) is 10.0 Å². The lowest BCUT2D eigenvalue weighted by atomic mass is 10.3. The number of nitrogens with one attached hydrogen (secondary N) is 1. The summed E-state index contributed by atoms with van der Waals surface area (Å²) in [7, 11) is -2.29. The van der Waals surface area contributed by atoms with E-state index in [4.69, 9.17) is 16.3 Å². The van der Waals surface area contributed by atoms with Crippen LogP contribution in [0.4, 0.5) is 5.69 Å². The Bertz CT molecular complexity index is 714. The molecular formula is C13H12ClNO4S. The molecule has 0 aromatic heterocycles. The van der Waals surface area contributed by atoms with Crippen molar-refractivity contribution < 1.29 is 18.3 Å². The molecule has 0 unspecified atom stereocenters. The van der Waals surface area contributed by atoms with Crippen LogP contribution in [-0.4, -0.2) is 20.6 Å². The van der Waals surface area contributed by atoms with Gasteiger partial charge in [-0.25, -0.2) is 8.42 Å². The van der Waals surface area contributed by atoms with E-state index in [0.29, 0.717) is 10.8 Å². The van der Waals surface area contributed by atoms with Gasteiger partial charge >= 0.3 is 0 Å². The van der Waals surface area contributed by atoms with E-state index in [1.807, 2.05) is 0 Å². The number of phenolic OH excluding ortho intramolecular Hbond substituents is 1. The van der Waals surface area contributed by atoms with Gasteiger partial charge < -0.3 is 9.84 Å². The molecule has 20 heavy (non-hydrogen) atoms. The van der Waals surface area contributed by atoms with E-state index < -0.39 is 10.0 Å². The largest absolute Gasteiger partial charge is 0.506 e. The molecule has 0 bridgehead atoms. The summed E-state index contributed by atoms with van der Waals surface area (Å²) in [4.78, 5) is 0.0626. The highest BCUT2D eigenvalue weighted by Crippen LogP contribution is 2.29. The van der Waals surface area contributed by atoms with Gasteiger partial charge in [-0.3, -0.25) is 4.72 Å². The molecule has 0 fully saturated rings. The Morgan fingerprint density at radius 2 is 1.80 bits per heavy atom. The molecule has 0 amide bonds. The first-order valence-corrected chi connectivity index (χ1v) is 7.44. The number of hydrogen-bond acceptors (Lipinski definition) is 4. The van der Waals surface area contributed by atoms with Crippen molar-refractivity contribution >= 4 is 27.3 Å². The van der Waals surface area contributed by atoms with Crippen LogP contribution >= 0.6 is 11.6 Å². The van der Waals surface area contributed by atoms with Crippen molar-refractivity contribution in [2.24, 2.45) is 0 Å². The van der Waals surface area contributed by atoms with Crippen LogP contribution in [0.1, 0.15) is 0 Å². The van der Waals surface area contributed by atoms with Crippen molar-refractivity contribution in [2.75, 3.05) is 11.8 Å². The fraction of sp³-hybridized carbons (Fsp3) is 0.0769. The zero-order valence-electron chi connectivity index (χ0n) is 10.5. The predicted octanol–water partition coefficient (Wildman–Crippen LogP) is 2.86. The molecule has 0 aliphatic rings. The number of benzene rings is 2. The highest BCUT2D eigenvalue weighted by atomic mass is 35.5. The van der Waals surface area contributed by atoms with Crippen molar-refractivity contribution in [3.63, 3.8) is 0 Å². The van der Waals surface area contributed by atoms with Crippen molar-refractivity contribution in [1.82, 2.24) is 0 Å². The Labute approximate surface area is 121 Å². The molecule has 5 nitrogen and oxygen atoms in total. The minimum atomic E-state index is -3.78. The number of hydrogen-bond donors (Lipinski definition) is 2. The number of halogens is 1. The third kappa shape index (κ3) is 3.15. The summed E-state index contributed by atoms with van der Waals surface area (Å²) in [6.45, 7) is 0. The number of aromatic hydroxyl groups is 1. The summed E-state index contributed by atoms with van der Waals surface area (Å²) in [5.74, 6) is 0.313. The number of phenols is 1. The quantitative estimate of drug-likeness (QED) is 0.851. The Kier molecular flexibility index (Phi) is 4.06. The summed E-state index contributed by atoms with van der Waals surface area (Å²) in [6, 6.07) is 10.0. The number of sulfonamides is 1. The molecule has 2 rings (SSSR count). The second-order valence-corrected chi connectivity index (χ2v) is 6.06. The monoisotopic (exact) mass is 313 g/mol. The van der Waals surface area contributed by atoms with E-state index in [-0.39, 0.29) is 16.3 Å². The van der Waals surface area contributed by atoms with Gasteiger partial charge in [0.25, 0.3) is 10.0 Å². The molecule has 2 aromatic carbocycles. The molecule has 2 N–H and O–H groups in total. The Balaban J connectivity index is 2.30. The average molecular weight is 314 g/mol. The van der Waals surface area contributed by atoms with E-state index in [9.17, 15) is 13.5 Å². The van der Waals surface area contributed by atoms with Crippen LogP contribution in [0.15, 0.2) is 47.4 Å².